The molecule has 0 amide bonds. The lowest BCUT2D eigenvalue weighted by Gasteiger charge is -2.12. The molecule has 0 radical (unpaired) electrons. The van der Waals surface area contributed by atoms with E-state index >= 15 is 0 Å². The number of rotatable bonds is 5. The third-order valence-electron chi connectivity index (χ3n) is 4.24. The van der Waals surface area contributed by atoms with Gasteiger partial charge in [0.15, 0.2) is 0 Å². The first-order valence-corrected chi connectivity index (χ1v) is 8.18. The third kappa shape index (κ3) is 3.28. The second-order valence-electron chi connectivity index (χ2n) is 6.00. The second kappa shape index (κ2) is 6.84. The van der Waals surface area contributed by atoms with E-state index in [1.54, 1.807) is 24.3 Å². The molecule has 3 rings (SSSR count). The number of phenolic OH excluding ortho intramolecular Hbond substituents is 1. The molecule has 1 aliphatic rings. The Balaban J connectivity index is 1.91. The number of benzene rings is 1. The van der Waals surface area contributed by atoms with E-state index in [2.05, 4.69) is 15.5 Å². The summed E-state index contributed by atoms with van der Waals surface area (Å²) in [6, 6.07) is 6.49. The van der Waals surface area contributed by atoms with Crippen LogP contribution in [-0.2, 0) is 6.54 Å². The summed E-state index contributed by atoms with van der Waals surface area (Å²) in [5.41, 5.74) is 2.96. The number of hydrazone groups is 1. The average Bonchev–Trinajstić information content (AvgIpc) is 3.04. The fourth-order valence-corrected chi connectivity index (χ4v) is 2.84. The van der Waals surface area contributed by atoms with E-state index < -0.39 is 11.2 Å². The highest BCUT2D eigenvalue weighted by Crippen LogP contribution is 2.27. The normalized spacial score (nSPS) is 16.5. The number of nitrogens with one attached hydrogen (secondary N) is 2. The maximum atomic E-state index is 12.2. The zero-order valence-electron chi connectivity index (χ0n) is 13.8. The number of H-pyrrole nitrogens is 1. The highest BCUT2D eigenvalue weighted by atomic mass is 16.3. The van der Waals surface area contributed by atoms with E-state index in [4.69, 9.17) is 0 Å². The predicted molar refractivity (Wildman–Crippen MR) is 93.0 cm³/mol. The molecule has 1 aromatic carbocycles. The van der Waals surface area contributed by atoms with Gasteiger partial charge >= 0.3 is 5.69 Å². The molecule has 0 bridgehead atoms. The first-order chi connectivity index (χ1) is 12.0. The van der Waals surface area contributed by atoms with Gasteiger partial charge in [0.05, 0.1) is 11.8 Å². The summed E-state index contributed by atoms with van der Waals surface area (Å²) >= 11 is 0. The van der Waals surface area contributed by atoms with Crippen molar-refractivity contribution in [3.63, 3.8) is 0 Å². The maximum Gasteiger partial charge on any atom is 0.331 e. The van der Waals surface area contributed by atoms with Crippen LogP contribution in [-0.4, -0.2) is 25.5 Å². The Bertz CT molecular complexity index is 912. The Morgan fingerprint density at radius 2 is 1.96 bits per heavy atom. The third-order valence-corrected chi connectivity index (χ3v) is 4.24. The van der Waals surface area contributed by atoms with Crippen LogP contribution < -0.4 is 16.7 Å². The van der Waals surface area contributed by atoms with Gasteiger partial charge < -0.3 is 15.6 Å². The Kier molecular flexibility index (Phi) is 4.60. The highest BCUT2D eigenvalue weighted by molar-refractivity contribution is 6.03. The molecule has 0 saturated carbocycles. The van der Waals surface area contributed by atoms with Crippen LogP contribution in [0.5, 0.6) is 11.6 Å². The van der Waals surface area contributed by atoms with Crippen LogP contribution in [0.4, 0.5) is 0 Å². The molecule has 1 unspecified atom stereocenters. The number of unbranched alkanes of at least 4 members (excludes halogenated alkanes) is 1. The van der Waals surface area contributed by atoms with E-state index in [1.807, 2.05) is 6.92 Å². The van der Waals surface area contributed by atoms with Crippen molar-refractivity contribution in [1.82, 2.24) is 15.0 Å². The fraction of sp³-hybridized carbons (Fsp3) is 0.353. The Labute approximate surface area is 143 Å². The number of nitrogens with zero attached hydrogens (tertiary/aromatic N) is 2. The zero-order chi connectivity index (χ0) is 18.0. The van der Waals surface area contributed by atoms with E-state index in [9.17, 15) is 19.8 Å². The molecule has 0 fully saturated rings. The Hall–Kier alpha value is -3.03. The van der Waals surface area contributed by atoms with Gasteiger partial charge in [0.2, 0.25) is 5.88 Å². The molecule has 0 aliphatic carbocycles. The molecular weight excluding hydrogens is 324 g/mol. The van der Waals surface area contributed by atoms with Gasteiger partial charge in [0, 0.05) is 13.0 Å². The molecule has 1 aromatic heterocycles. The van der Waals surface area contributed by atoms with Crippen LogP contribution in [0.15, 0.2) is 39.0 Å². The first kappa shape index (κ1) is 16.8. The zero-order valence-corrected chi connectivity index (χ0v) is 13.8. The van der Waals surface area contributed by atoms with Crippen molar-refractivity contribution in [1.29, 1.82) is 0 Å². The van der Waals surface area contributed by atoms with Crippen molar-refractivity contribution >= 4 is 5.71 Å². The smallest absolute Gasteiger partial charge is 0.331 e. The van der Waals surface area contributed by atoms with Crippen LogP contribution in [0.1, 0.15) is 43.4 Å². The van der Waals surface area contributed by atoms with E-state index in [0.717, 1.165) is 16.6 Å². The van der Waals surface area contributed by atoms with Crippen LogP contribution in [0.3, 0.4) is 0 Å². The minimum atomic E-state index is -0.651. The summed E-state index contributed by atoms with van der Waals surface area (Å²) in [5.74, 6) is -0.186. The van der Waals surface area contributed by atoms with Gasteiger partial charge in [-0.1, -0.05) is 25.5 Å². The number of hydrogen-bond acceptors (Lipinski definition) is 6. The van der Waals surface area contributed by atoms with Gasteiger partial charge in [-0.25, -0.2) is 4.79 Å². The van der Waals surface area contributed by atoms with Crippen molar-refractivity contribution < 1.29 is 10.2 Å². The SMILES string of the molecule is CCCCn1c(O)c(C2=NNC(c3ccc(O)cc3)C2)c(=O)[nH]c1=O. The molecule has 1 aliphatic heterocycles. The summed E-state index contributed by atoms with van der Waals surface area (Å²) < 4.78 is 1.16. The Morgan fingerprint density at radius 3 is 2.64 bits per heavy atom. The molecule has 8 heteroatoms. The minimum absolute atomic E-state index is 0.0180. The van der Waals surface area contributed by atoms with Crippen molar-refractivity contribution in [3.05, 3.63) is 56.2 Å². The standard InChI is InChI=1S/C17H20N4O4/c1-2-3-8-21-16(24)14(15(23)18-17(21)25)13-9-12(19-20-13)10-4-6-11(22)7-5-10/h4-7,12,19,22,24H,2-3,8-9H2,1H3,(H,18,23,25). The lowest BCUT2D eigenvalue weighted by Crippen LogP contribution is -2.33. The molecular formula is C17H20N4O4. The van der Waals surface area contributed by atoms with Gasteiger partial charge in [-0.15, -0.1) is 0 Å². The van der Waals surface area contributed by atoms with Gasteiger partial charge in [-0.2, -0.15) is 5.10 Å². The summed E-state index contributed by atoms with van der Waals surface area (Å²) in [5, 5.41) is 24.0. The van der Waals surface area contributed by atoms with Crippen molar-refractivity contribution in [2.24, 2.45) is 5.10 Å². The predicted octanol–water partition coefficient (Wildman–Crippen LogP) is 1.19. The number of phenols is 1. The molecule has 25 heavy (non-hydrogen) atoms. The summed E-state index contributed by atoms with van der Waals surface area (Å²) in [6.45, 7) is 2.30. The monoisotopic (exact) mass is 344 g/mol. The number of aromatic amines is 1. The Morgan fingerprint density at radius 1 is 1.24 bits per heavy atom. The lowest BCUT2D eigenvalue weighted by atomic mass is 10.00. The van der Waals surface area contributed by atoms with Crippen LogP contribution >= 0.6 is 0 Å². The van der Waals surface area contributed by atoms with Crippen molar-refractivity contribution in [3.8, 4) is 11.6 Å². The van der Waals surface area contributed by atoms with Gasteiger partial charge in [-0.3, -0.25) is 14.3 Å². The molecule has 0 spiro atoms. The molecule has 132 valence electrons. The summed E-state index contributed by atoms with van der Waals surface area (Å²) in [6.07, 6.45) is 1.94. The highest BCUT2D eigenvalue weighted by Gasteiger charge is 2.27. The summed E-state index contributed by atoms with van der Waals surface area (Å²) in [4.78, 5) is 26.4. The van der Waals surface area contributed by atoms with Gasteiger partial charge in [-0.05, 0) is 24.1 Å². The fourth-order valence-electron chi connectivity index (χ4n) is 2.84. The number of aromatic nitrogens is 2. The van der Waals surface area contributed by atoms with Crippen molar-refractivity contribution in [2.45, 2.75) is 38.8 Å². The lowest BCUT2D eigenvalue weighted by molar-refractivity contribution is 0.394. The van der Waals surface area contributed by atoms with E-state index in [-0.39, 0.29) is 23.2 Å². The average molecular weight is 344 g/mol. The largest absolute Gasteiger partial charge is 0.508 e. The molecule has 0 saturated heterocycles. The molecule has 1 atom stereocenters. The van der Waals surface area contributed by atoms with E-state index in [1.165, 1.54) is 0 Å². The molecule has 2 aromatic rings. The van der Waals surface area contributed by atoms with E-state index in [0.29, 0.717) is 25.1 Å². The van der Waals surface area contributed by atoms with Crippen LogP contribution in [0.2, 0.25) is 0 Å². The van der Waals surface area contributed by atoms with Crippen LogP contribution in [0.25, 0.3) is 0 Å². The molecule has 2 heterocycles. The number of hydrogen-bond donors (Lipinski definition) is 4. The topological polar surface area (TPSA) is 120 Å². The molecule has 4 N–H and O–H groups in total. The molecule has 8 nitrogen and oxygen atoms in total. The van der Waals surface area contributed by atoms with Crippen LogP contribution in [0, 0.1) is 0 Å². The quantitative estimate of drug-likeness (QED) is 0.649. The minimum Gasteiger partial charge on any atom is -0.508 e. The van der Waals surface area contributed by atoms with Gasteiger partial charge in [0.25, 0.3) is 5.56 Å². The van der Waals surface area contributed by atoms with Gasteiger partial charge in [0.1, 0.15) is 11.3 Å². The first-order valence-electron chi connectivity index (χ1n) is 8.18. The second-order valence-corrected chi connectivity index (χ2v) is 6.00. The van der Waals surface area contributed by atoms with Crippen molar-refractivity contribution in [2.75, 3.05) is 0 Å². The number of aromatic hydroxyl groups is 2. The summed E-state index contributed by atoms with van der Waals surface area (Å²) in [7, 11) is 0. The maximum absolute atomic E-state index is 12.2.